The third kappa shape index (κ3) is 11.6. The normalized spacial score (nSPS) is 17.3. The summed E-state index contributed by atoms with van der Waals surface area (Å²) in [7, 11) is 0. The molecule has 0 aromatic carbocycles. The number of nitrogens with one attached hydrogen (secondary N) is 2. The highest BCUT2D eigenvalue weighted by molar-refractivity contribution is 6.38. The van der Waals surface area contributed by atoms with Gasteiger partial charge < -0.3 is 16.4 Å². The van der Waals surface area contributed by atoms with Crippen molar-refractivity contribution in [2.24, 2.45) is 22.1 Å². The molecule has 0 saturated carbocycles. The zero-order chi connectivity index (χ0) is 26.3. The van der Waals surface area contributed by atoms with E-state index in [9.17, 15) is 4.79 Å². The molecule has 1 unspecified atom stereocenters. The van der Waals surface area contributed by atoms with Crippen molar-refractivity contribution in [1.82, 2.24) is 15.6 Å². The van der Waals surface area contributed by atoms with Crippen LogP contribution in [0.15, 0.2) is 53.2 Å². The molecule has 4 N–H and O–H groups in total. The zero-order valence-corrected chi connectivity index (χ0v) is 22.9. The summed E-state index contributed by atoms with van der Waals surface area (Å²) in [4.78, 5) is 20.8. The van der Waals surface area contributed by atoms with Crippen LogP contribution in [0.5, 0.6) is 0 Å². The Hall–Kier alpha value is -2.57. The first-order chi connectivity index (χ1) is 16.7. The molecular weight excluding hydrogens is 434 g/mol. The van der Waals surface area contributed by atoms with Gasteiger partial charge in [-0.3, -0.25) is 9.78 Å². The Bertz CT molecular complexity index is 883. The van der Waals surface area contributed by atoms with Crippen LogP contribution in [-0.2, 0) is 4.79 Å². The molecule has 1 amide bonds. The molecule has 1 saturated heterocycles. The topological polar surface area (TPSA) is 92.4 Å². The molecule has 2 rings (SSSR count). The lowest BCUT2D eigenvalue weighted by molar-refractivity contribution is -0.115. The van der Waals surface area contributed by atoms with Crippen LogP contribution in [0.3, 0.4) is 0 Å². The van der Waals surface area contributed by atoms with Crippen molar-refractivity contribution < 1.29 is 4.79 Å². The minimum absolute atomic E-state index is 0.0869. The predicted molar refractivity (Wildman–Crippen MR) is 150 cm³/mol. The van der Waals surface area contributed by atoms with Gasteiger partial charge in [-0.05, 0) is 89.9 Å². The molecule has 1 aromatic rings. The van der Waals surface area contributed by atoms with E-state index in [1.54, 1.807) is 13.1 Å². The van der Waals surface area contributed by atoms with Crippen molar-refractivity contribution in [1.29, 1.82) is 0 Å². The molecule has 6 nitrogen and oxygen atoms in total. The third-order valence-electron chi connectivity index (χ3n) is 6.50. The van der Waals surface area contributed by atoms with Crippen LogP contribution < -0.4 is 16.4 Å². The van der Waals surface area contributed by atoms with Gasteiger partial charge in [0.1, 0.15) is 5.71 Å². The first kappa shape index (κ1) is 30.5. The summed E-state index contributed by atoms with van der Waals surface area (Å²) in [6.07, 6.45) is 15.6. The number of aliphatic imine (C=N–C) groups is 1. The molecule has 0 bridgehead atoms. The van der Waals surface area contributed by atoms with E-state index in [-0.39, 0.29) is 11.3 Å². The molecule has 2 heterocycles. The number of nitrogens with zero attached hydrogens (tertiary/aromatic N) is 2. The SMILES string of the molecule is C/C=C/C=C(C)\C=C\C(C)(CC)CN.CC(=Nc1c(C)ccnc1C)C(=O)NCC1CCNCC1. The zero-order valence-electron chi connectivity index (χ0n) is 22.9. The number of hydrogen-bond acceptors (Lipinski definition) is 5. The van der Waals surface area contributed by atoms with E-state index in [2.05, 4.69) is 59.6 Å². The van der Waals surface area contributed by atoms with Crippen LogP contribution in [0.25, 0.3) is 0 Å². The van der Waals surface area contributed by atoms with Crippen LogP contribution >= 0.6 is 0 Å². The Kier molecular flexibility index (Phi) is 14.1. The number of rotatable bonds is 9. The lowest BCUT2D eigenvalue weighted by Gasteiger charge is -2.22. The molecule has 1 fully saturated rings. The molecule has 1 aliphatic heterocycles. The maximum Gasteiger partial charge on any atom is 0.265 e. The third-order valence-corrected chi connectivity index (χ3v) is 6.50. The summed E-state index contributed by atoms with van der Waals surface area (Å²) in [6, 6.07) is 1.91. The van der Waals surface area contributed by atoms with Crippen molar-refractivity contribution in [3.8, 4) is 0 Å². The monoisotopic (exact) mass is 481 g/mol. The van der Waals surface area contributed by atoms with E-state index in [4.69, 9.17) is 5.73 Å². The highest BCUT2D eigenvalue weighted by Crippen LogP contribution is 2.22. The quantitative estimate of drug-likeness (QED) is 0.328. The summed E-state index contributed by atoms with van der Waals surface area (Å²) in [5.74, 6) is 0.487. The highest BCUT2D eigenvalue weighted by Gasteiger charge is 2.16. The van der Waals surface area contributed by atoms with Gasteiger partial charge in [-0.15, -0.1) is 0 Å². The minimum atomic E-state index is -0.0869. The fraction of sp³-hybridized carbons (Fsp3) is 0.552. The Balaban J connectivity index is 0.000000383. The average Bonchev–Trinajstić information content (AvgIpc) is 2.87. The number of carbonyl (C=O) groups excluding carboxylic acids is 1. The molecule has 0 spiro atoms. The van der Waals surface area contributed by atoms with Gasteiger partial charge in [0, 0.05) is 19.3 Å². The van der Waals surface area contributed by atoms with Crippen LogP contribution in [-0.4, -0.2) is 42.8 Å². The van der Waals surface area contributed by atoms with Gasteiger partial charge in [0.25, 0.3) is 5.91 Å². The summed E-state index contributed by atoms with van der Waals surface area (Å²) < 4.78 is 0. The number of piperidine rings is 1. The Morgan fingerprint density at radius 3 is 2.57 bits per heavy atom. The first-order valence-corrected chi connectivity index (χ1v) is 12.8. The van der Waals surface area contributed by atoms with Crippen molar-refractivity contribution in [3.05, 3.63) is 59.5 Å². The number of aromatic nitrogens is 1. The molecule has 1 aromatic heterocycles. The predicted octanol–water partition coefficient (Wildman–Crippen LogP) is 5.35. The molecule has 194 valence electrons. The number of amides is 1. The van der Waals surface area contributed by atoms with Crippen LogP contribution in [0.2, 0.25) is 0 Å². The number of pyridine rings is 1. The molecule has 0 aliphatic carbocycles. The van der Waals surface area contributed by atoms with E-state index < -0.39 is 0 Å². The number of aryl methyl sites for hydroxylation is 2. The van der Waals surface area contributed by atoms with E-state index in [1.807, 2.05) is 39.0 Å². The van der Waals surface area contributed by atoms with Gasteiger partial charge in [0.05, 0.1) is 11.4 Å². The van der Waals surface area contributed by atoms with Crippen molar-refractivity contribution >= 4 is 17.3 Å². The van der Waals surface area contributed by atoms with Gasteiger partial charge in [-0.2, -0.15) is 0 Å². The second-order valence-corrected chi connectivity index (χ2v) is 9.64. The highest BCUT2D eigenvalue weighted by atomic mass is 16.1. The van der Waals surface area contributed by atoms with Crippen molar-refractivity contribution in [3.63, 3.8) is 0 Å². The van der Waals surface area contributed by atoms with Gasteiger partial charge in [0.2, 0.25) is 0 Å². The number of nitrogens with two attached hydrogens (primary N) is 1. The lowest BCUT2D eigenvalue weighted by Crippen LogP contribution is -2.38. The fourth-order valence-corrected chi connectivity index (χ4v) is 3.49. The second kappa shape index (κ2) is 16.2. The van der Waals surface area contributed by atoms with Gasteiger partial charge in [-0.25, -0.2) is 4.99 Å². The summed E-state index contributed by atoms with van der Waals surface area (Å²) in [5.41, 5.74) is 10.3. The van der Waals surface area contributed by atoms with Crippen LogP contribution in [0.4, 0.5) is 5.69 Å². The summed E-state index contributed by atoms with van der Waals surface area (Å²) in [6.45, 7) is 17.6. The maximum atomic E-state index is 12.1. The lowest BCUT2D eigenvalue weighted by atomic mass is 9.87. The largest absolute Gasteiger partial charge is 0.351 e. The van der Waals surface area contributed by atoms with Gasteiger partial charge >= 0.3 is 0 Å². The van der Waals surface area contributed by atoms with Gasteiger partial charge in [-0.1, -0.05) is 49.8 Å². The van der Waals surface area contributed by atoms with Crippen LogP contribution in [0, 0.1) is 25.2 Å². The summed E-state index contributed by atoms with van der Waals surface area (Å²) >= 11 is 0. The maximum absolute atomic E-state index is 12.1. The molecular formula is C29H47N5O. The van der Waals surface area contributed by atoms with E-state index in [0.29, 0.717) is 18.2 Å². The van der Waals surface area contributed by atoms with Gasteiger partial charge in [0.15, 0.2) is 0 Å². The first-order valence-electron chi connectivity index (χ1n) is 12.8. The number of carbonyl (C=O) groups is 1. The standard InChI is InChI=1S/C16H24N4O.C13H23N/c1-11-4-9-18-12(2)15(11)20-13(3)16(21)19-10-14-5-7-17-8-6-14;1-5-7-8-12(3)9-10-13(4,6-2)11-14/h4,9,14,17H,5-8,10H2,1-3H3,(H,19,21);5,7-10H,6,11,14H2,1-4H3/b;7-5+,10-9+,12-8-. The Morgan fingerprint density at radius 1 is 1.31 bits per heavy atom. The molecule has 6 heteroatoms. The van der Waals surface area contributed by atoms with Crippen LogP contribution in [0.1, 0.15) is 65.1 Å². The molecule has 35 heavy (non-hydrogen) atoms. The molecule has 1 aliphatic rings. The Labute approximate surface area is 213 Å². The Morgan fingerprint density at radius 2 is 2.00 bits per heavy atom. The van der Waals surface area contributed by atoms with Crippen molar-refractivity contribution in [2.45, 2.75) is 67.7 Å². The smallest absolute Gasteiger partial charge is 0.265 e. The van der Waals surface area contributed by atoms with Crippen molar-refractivity contribution in [2.75, 3.05) is 26.2 Å². The minimum Gasteiger partial charge on any atom is -0.351 e. The number of hydrogen-bond donors (Lipinski definition) is 3. The molecule has 1 atom stereocenters. The van der Waals surface area contributed by atoms with E-state index >= 15 is 0 Å². The van der Waals surface area contributed by atoms with E-state index in [0.717, 1.165) is 55.8 Å². The molecule has 0 radical (unpaired) electrons. The van der Waals surface area contributed by atoms with E-state index in [1.165, 1.54) is 5.57 Å². The average molecular weight is 482 g/mol. The fourth-order valence-electron chi connectivity index (χ4n) is 3.49. The summed E-state index contributed by atoms with van der Waals surface area (Å²) in [5, 5.41) is 6.32. The second-order valence-electron chi connectivity index (χ2n) is 9.64. The number of allylic oxidation sites excluding steroid dienone is 5.